The molecule has 2 N–H and O–H groups in total. The molecule has 0 aliphatic heterocycles. The number of carboxylic acids is 1. The number of aromatic nitrogens is 2. The number of hydrogen-bond donors (Lipinski definition) is 2. The summed E-state index contributed by atoms with van der Waals surface area (Å²) in [6, 6.07) is 24.8. The van der Waals surface area contributed by atoms with E-state index < -0.39 is 11.9 Å². The first-order valence-corrected chi connectivity index (χ1v) is 14.0. The van der Waals surface area contributed by atoms with Gasteiger partial charge in [0.15, 0.2) is 5.78 Å². The van der Waals surface area contributed by atoms with Gasteiger partial charge in [-0.15, -0.1) is 0 Å². The van der Waals surface area contributed by atoms with Gasteiger partial charge in [-0.1, -0.05) is 67.4 Å². The SMILES string of the molecule is CCC[C@@H](CC(=O)c1ccc(-c2cc(Cl)ccc2-c2nc3ccc(C(=O)OC)cc3[nH]2)c(C(=O)O)c1)c1ccccc1. The van der Waals surface area contributed by atoms with E-state index in [1.807, 2.05) is 30.3 Å². The third-order valence-corrected chi connectivity index (χ3v) is 7.58. The number of Topliss-reactive ketones (excluding diaryl/α,β-unsaturated/α-hetero) is 1. The zero-order valence-electron chi connectivity index (χ0n) is 23.2. The molecule has 0 amide bonds. The van der Waals surface area contributed by atoms with E-state index in [9.17, 15) is 19.5 Å². The number of methoxy groups -OCH3 is 1. The van der Waals surface area contributed by atoms with Crippen molar-refractivity contribution in [3.05, 3.63) is 112 Å². The van der Waals surface area contributed by atoms with E-state index in [2.05, 4.69) is 16.9 Å². The van der Waals surface area contributed by atoms with Gasteiger partial charge in [0, 0.05) is 22.6 Å². The number of benzene rings is 4. The molecule has 0 radical (unpaired) electrons. The molecule has 212 valence electrons. The van der Waals surface area contributed by atoms with Crippen molar-refractivity contribution in [2.45, 2.75) is 32.1 Å². The van der Waals surface area contributed by atoms with Crippen molar-refractivity contribution in [1.82, 2.24) is 9.97 Å². The topological polar surface area (TPSA) is 109 Å². The Labute approximate surface area is 248 Å². The van der Waals surface area contributed by atoms with Crippen molar-refractivity contribution in [3.63, 3.8) is 0 Å². The molecular formula is C34H29ClN2O5. The molecule has 0 spiro atoms. The average molecular weight is 581 g/mol. The number of fused-ring (bicyclic) bond motifs is 1. The van der Waals surface area contributed by atoms with Crippen LogP contribution in [0.4, 0.5) is 0 Å². The Morgan fingerprint density at radius 1 is 0.905 bits per heavy atom. The third-order valence-electron chi connectivity index (χ3n) is 7.34. The lowest BCUT2D eigenvalue weighted by Crippen LogP contribution is -2.10. The van der Waals surface area contributed by atoms with E-state index >= 15 is 0 Å². The number of esters is 1. The fourth-order valence-electron chi connectivity index (χ4n) is 5.26. The highest BCUT2D eigenvalue weighted by molar-refractivity contribution is 6.31. The largest absolute Gasteiger partial charge is 0.478 e. The lowest BCUT2D eigenvalue weighted by Gasteiger charge is -2.17. The van der Waals surface area contributed by atoms with E-state index in [-0.39, 0.29) is 23.7 Å². The van der Waals surface area contributed by atoms with Crippen LogP contribution in [0.15, 0.2) is 84.9 Å². The number of nitrogens with zero attached hydrogens (tertiary/aromatic N) is 1. The summed E-state index contributed by atoms with van der Waals surface area (Å²) in [5.74, 6) is -1.22. The van der Waals surface area contributed by atoms with Crippen LogP contribution in [0, 0.1) is 0 Å². The summed E-state index contributed by atoms with van der Waals surface area (Å²) in [6.45, 7) is 2.08. The van der Waals surface area contributed by atoms with Crippen molar-refractivity contribution in [1.29, 1.82) is 0 Å². The van der Waals surface area contributed by atoms with Gasteiger partial charge in [0.1, 0.15) is 5.82 Å². The maximum absolute atomic E-state index is 13.4. The molecule has 42 heavy (non-hydrogen) atoms. The van der Waals surface area contributed by atoms with Gasteiger partial charge >= 0.3 is 11.9 Å². The van der Waals surface area contributed by atoms with Crippen LogP contribution in [0.2, 0.25) is 5.02 Å². The molecular weight excluding hydrogens is 552 g/mol. The van der Waals surface area contributed by atoms with E-state index in [0.29, 0.717) is 49.7 Å². The number of imidazole rings is 1. The van der Waals surface area contributed by atoms with Crippen molar-refractivity contribution in [3.8, 4) is 22.5 Å². The molecule has 0 fully saturated rings. The number of ether oxygens (including phenoxy) is 1. The van der Waals surface area contributed by atoms with E-state index in [1.165, 1.54) is 13.2 Å². The van der Waals surface area contributed by atoms with Crippen LogP contribution in [0.3, 0.4) is 0 Å². The number of carboxylic acid groups (broad SMARTS) is 1. The number of carbonyl (C=O) groups excluding carboxylic acids is 2. The van der Waals surface area contributed by atoms with Crippen LogP contribution in [-0.4, -0.2) is 39.9 Å². The number of nitrogens with one attached hydrogen (secondary N) is 1. The molecule has 5 aromatic rings. The number of aromatic amines is 1. The summed E-state index contributed by atoms with van der Waals surface area (Å²) >= 11 is 6.38. The van der Waals surface area contributed by atoms with Gasteiger partial charge in [0.2, 0.25) is 0 Å². The Morgan fingerprint density at radius 3 is 2.36 bits per heavy atom. The first-order valence-electron chi connectivity index (χ1n) is 13.6. The maximum atomic E-state index is 13.4. The predicted molar refractivity (Wildman–Crippen MR) is 163 cm³/mol. The Morgan fingerprint density at radius 2 is 1.64 bits per heavy atom. The Bertz CT molecular complexity index is 1800. The molecule has 1 aromatic heterocycles. The smallest absolute Gasteiger partial charge is 0.337 e. The highest BCUT2D eigenvalue weighted by Crippen LogP contribution is 2.37. The second-order valence-corrected chi connectivity index (χ2v) is 10.5. The molecule has 5 rings (SSSR count). The average Bonchev–Trinajstić information content (AvgIpc) is 3.43. The van der Waals surface area contributed by atoms with Gasteiger partial charge in [0.25, 0.3) is 0 Å². The first-order chi connectivity index (χ1) is 20.3. The minimum atomic E-state index is -1.16. The van der Waals surface area contributed by atoms with Crippen LogP contribution in [-0.2, 0) is 4.74 Å². The molecule has 1 atom stereocenters. The van der Waals surface area contributed by atoms with Crippen molar-refractivity contribution >= 4 is 40.4 Å². The van der Waals surface area contributed by atoms with E-state index in [4.69, 9.17) is 16.3 Å². The quantitative estimate of drug-likeness (QED) is 0.127. The standard InChI is InChI=1S/C34H29ClN2O5/c1-3-7-21(20-8-5-4-6-9-20)18-31(38)22-10-13-25(28(16-22)33(39)40)27-19-24(35)12-14-26(27)32-36-29-15-11-23(34(41)42-2)17-30(29)37-32/h4-6,8-17,19,21H,3,7,18H2,1-2H3,(H,36,37)(H,39,40)/t21-/m0/s1. The van der Waals surface area contributed by atoms with Crippen LogP contribution < -0.4 is 0 Å². The Kier molecular flexibility index (Phi) is 8.50. The van der Waals surface area contributed by atoms with Crippen LogP contribution >= 0.6 is 11.6 Å². The molecule has 4 aromatic carbocycles. The molecule has 8 heteroatoms. The molecule has 0 saturated carbocycles. The number of ketones is 1. The number of halogens is 1. The molecule has 7 nitrogen and oxygen atoms in total. The summed E-state index contributed by atoms with van der Waals surface area (Å²) in [6.07, 6.45) is 2.06. The zero-order chi connectivity index (χ0) is 29.8. The van der Waals surface area contributed by atoms with E-state index in [0.717, 1.165) is 18.4 Å². The first kappa shape index (κ1) is 28.8. The fourth-order valence-corrected chi connectivity index (χ4v) is 5.43. The van der Waals surface area contributed by atoms with Crippen molar-refractivity contribution in [2.75, 3.05) is 7.11 Å². The minimum Gasteiger partial charge on any atom is -0.478 e. The van der Waals surface area contributed by atoms with E-state index in [1.54, 1.807) is 48.5 Å². The second kappa shape index (κ2) is 12.4. The van der Waals surface area contributed by atoms with Crippen LogP contribution in [0.1, 0.15) is 68.7 Å². The molecule has 0 aliphatic rings. The van der Waals surface area contributed by atoms with Gasteiger partial charge < -0.3 is 14.8 Å². The predicted octanol–water partition coefficient (Wildman–Crippen LogP) is 8.19. The summed E-state index contributed by atoms with van der Waals surface area (Å²) in [4.78, 5) is 45.8. The van der Waals surface area contributed by atoms with Gasteiger partial charge in [-0.05, 0) is 71.5 Å². The fraction of sp³-hybridized carbons (Fsp3) is 0.176. The summed E-state index contributed by atoms with van der Waals surface area (Å²) < 4.78 is 4.82. The van der Waals surface area contributed by atoms with Crippen molar-refractivity contribution in [2.24, 2.45) is 0 Å². The zero-order valence-corrected chi connectivity index (χ0v) is 23.9. The summed E-state index contributed by atoms with van der Waals surface area (Å²) in [5, 5.41) is 10.6. The molecule has 0 aliphatic carbocycles. The van der Waals surface area contributed by atoms with Gasteiger partial charge in [-0.2, -0.15) is 0 Å². The number of carbonyl (C=O) groups is 3. The number of hydrogen-bond acceptors (Lipinski definition) is 5. The molecule has 1 heterocycles. The highest BCUT2D eigenvalue weighted by atomic mass is 35.5. The normalized spacial score (nSPS) is 11.8. The van der Waals surface area contributed by atoms with Gasteiger partial charge in [-0.3, -0.25) is 4.79 Å². The Balaban J connectivity index is 1.54. The minimum absolute atomic E-state index is 0.0137. The second-order valence-electron chi connectivity index (χ2n) is 10.1. The van der Waals surface area contributed by atoms with Crippen LogP contribution in [0.25, 0.3) is 33.5 Å². The summed E-state index contributed by atoms with van der Waals surface area (Å²) in [5.41, 5.74) is 4.60. The number of H-pyrrole nitrogens is 1. The monoisotopic (exact) mass is 580 g/mol. The lowest BCUT2D eigenvalue weighted by molar-refractivity contribution is 0.0599. The van der Waals surface area contributed by atoms with Gasteiger partial charge in [0.05, 0.1) is 29.3 Å². The number of aromatic carboxylic acids is 1. The van der Waals surface area contributed by atoms with Crippen LogP contribution in [0.5, 0.6) is 0 Å². The summed E-state index contributed by atoms with van der Waals surface area (Å²) in [7, 11) is 1.32. The van der Waals surface area contributed by atoms with Gasteiger partial charge in [-0.25, -0.2) is 14.6 Å². The highest BCUT2D eigenvalue weighted by Gasteiger charge is 2.22. The molecule has 0 saturated heterocycles. The van der Waals surface area contributed by atoms with Crippen molar-refractivity contribution < 1.29 is 24.2 Å². The Hall–Kier alpha value is -4.75. The lowest BCUT2D eigenvalue weighted by atomic mass is 9.87. The maximum Gasteiger partial charge on any atom is 0.337 e. The molecule has 0 unspecified atom stereocenters. The number of rotatable bonds is 10. The molecule has 0 bridgehead atoms. The third kappa shape index (κ3) is 5.97.